The zero-order valence-corrected chi connectivity index (χ0v) is 26.4. The number of carbonyl (C=O) groups is 1. The van der Waals surface area contributed by atoms with Crippen LogP contribution in [0.4, 0.5) is 4.39 Å². The van der Waals surface area contributed by atoms with Crippen LogP contribution in [-0.2, 0) is 20.7 Å². The Balaban J connectivity index is 1.25. The molecule has 8 atom stereocenters. The van der Waals surface area contributed by atoms with Crippen LogP contribution in [0.3, 0.4) is 0 Å². The molecule has 2 aromatic rings. The minimum atomic E-state index is -1.62. The molecular weight excluding hydrogens is 601 g/mol. The number of amides is 1. The van der Waals surface area contributed by atoms with E-state index < -0.39 is 55.6 Å². The van der Waals surface area contributed by atoms with Crippen LogP contribution < -0.4 is 10.1 Å². The molecule has 0 aliphatic carbocycles. The third-order valence-electron chi connectivity index (χ3n) is 8.13. The highest BCUT2D eigenvalue weighted by molar-refractivity contribution is 5.76. The normalized spacial score (nSPS) is 23.4. The minimum Gasteiger partial charge on any atom is -0.457 e. The predicted octanol–water partition coefficient (Wildman–Crippen LogP) is 2.71. The number of halogens is 1. The topological polar surface area (TPSA) is 178 Å². The van der Waals surface area contributed by atoms with Gasteiger partial charge in [-0.25, -0.2) is 4.39 Å². The maximum absolute atomic E-state index is 13.0. The lowest BCUT2D eigenvalue weighted by molar-refractivity contribution is -0.303. The van der Waals surface area contributed by atoms with Gasteiger partial charge in [0.1, 0.15) is 47.8 Å². The third kappa shape index (κ3) is 12.5. The fourth-order valence-electron chi connectivity index (χ4n) is 5.28. The molecule has 11 nitrogen and oxygen atoms in total. The van der Waals surface area contributed by atoms with E-state index in [4.69, 9.17) is 14.2 Å². The number of carbonyl (C=O) groups excluding carboxylic acids is 1. The van der Waals surface area contributed by atoms with Gasteiger partial charge in [-0.3, -0.25) is 4.79 Å². The molecule has 1 saturated heterocycles. The molecule has 1 aliphatic heterocycles. The number of rotatable bonds is 20. The molecule has 1 fully saturated rings. The van der Waals surface area contributed by atoms with Gasteiger partial charge in [-0.15, -0.1) is 0 Å². The number of benzene rings is 2. The first kappa shape index (κ1) is 37.8. The Hall–Kier alpha value is -2.68. The summed E-state index contributed by atoms with van der Waals surface area (Å²) < 4.78 is 29.6. The van der Waals surface area contributed by atoms with Gasteiger partial charge in [0.25, 0.3) is 0 Å². The van der Waals surface area contributed by atoms with Crippen LogP contribution in [0, 0.1) is 5.82 Å². The molecule has 46 heavy (non-hydrogen) atoms. The van der Waals surface area contributed by atoms with Gasteiger partial charge in [0, 0.05) is 6.42 Å². The molecule has 258 valence electrons. The van der Waals surface area contributed by atoms with Crippen LogP contribution in [0.2, 0.25) is 0 Å². The number of unbranched alkanes of at least 4 members (excludes halogenated alkanes) is 7. The predicted molar refractivity (Wildman–Crippen MR) is 168 cm³/mol. The minimum absolute atomic E-state index is 0.233. The molecule has 7 N–H and O–H groups in total. The van der Waals surface area contributed by atoms with Crippen molar-refractivity contribution in [2.45, 2.75) is 120 Å². The van der Waals surface area contributed by atoms with Crippen LogP contribution >= 0.6 is 0 Å². The van der Waals surface area contributed by atoms with E-state index >= 15 is 0 Å². The number of aliphatic hydroxyl groups is 6. The molecule has 0 spiro atoms. The van der Waals surface area contributed by atoms with Gasteiger partial charge in [-0.05, 0) is 68.1 Å². The van der Waals surface area contributed by atoms with Crippen molar-refractivity contribution in [2.75, 3.05) is 13.2 Å². The Kier molecular flexibility index (Phi) is 16.3. The summed E-state index contributed by atoms with van der Waals surface area (Å²) in [7, 11) is 0. The molecule has 0 aromatic heterocycles. The van der Waals surface area contributed by atoms with Gasteiger partial charge >= 0.3 is 0 Å². The first-order valence-corrected chi connectivity index (χ1v) is 16.2. The average Bonchev–Trinajstić information content (AvgIpc) is 3.05. The van der Waals surface area contributed by atoms with Gasteiger partial charge in [0.15, 0.2) is 6.29 Å². The molecule has 1 aliphatic rings. The number of nitrogens with one attached hydrogen (secondary N) is 1. The molecular formula is C34H50FNO10. The molecule has 0 saturated carbocycles. The highest BCUT2D eigenvalue weighted by atomic mass is 19.1. The van der Waals surface area contributed by atoms with Crippen molar-refractivity contribution in [2.24, 2.45) is 0 Å². The summed E-state index contributed by atoms with van der Waals surface area (Å²) in [5.41, 5.74) is 1.24. The Bertz CT molecular complexity index is 1130. The molecule has 12 heteroatoms. The number of ether oxygens (including phenoxy) is 3. The summed E-state index contributed by atoms with van der Waals surface area (Å²) >= 11 is 0. The van der Waals surface area contributed by atoms with E-state index in [0.29, 0.717) is 17.9 Å². The Morgan fingerprint density at radius 1 is 0.848 bits per heavy atom. The van der Waals surface area contributed by atoms with E-state index in [1.807, 2.05) is 12.1 Å². The van der Waals surface area contributed by atoms with Gasteiger partial charge < -0.3 is 50.2 Å². The van der Waals surface area contributed by atoms with Crippen molar-refractivity contribution < 1.29 is 54.0 Å². The molecule has 0 bridgehead atoms. The van der Waals surface area contributed by atoms with Crippen LogP contribution in [0.5, 0.6) is 11.5 Å². The fraction of sp³-hybridized carbons (Fsp3) is 0.618. The Morgan fingerprint density at radius 2 is 1.41 bits per heavy atom. The lowest BCUT2D eigenvalue weighted by Crippen LogP contribution is -2.60. The average molecular weight is 652 g/mol. The van der Waals surface area contributed by atoms with Crippen molar-refractivity contribution >= 4 is 5.91 Å². The number of hydrogen-bond acceptors (Lipinski definition) is 10. The highest BCUT2D eigenvalue weighted by Crippen LogP contribution is 2.24. The first-order chi connectivity index (χ1) is 22.1. The quantitative estimate of drug-likeness (QED) is 0.105. The highest BCUT2D eigenvalue weighted by Gasteiger charge is 2.44. The second-order valence-electron chi connectivity index (χ2n) is 12.0. The maximum atomic E-state index is 13.0. The van der Waals surface area contributed by atoms with Crippen molar-refractivity contribution in [1.82, 2.24) is 5.32 Å². The van der Waals surface area contributed by atoms with Gasteiger partial charge in [0.2, 0.25) is 5.91 Å². The summed E-state index contributed by atoms with van der Waals surface area (Å²) in [5.74, 6) is 0.688. The molecule has 2 aromatic carbocycles. The van der Waals surface area contributed by atoms with Crippen molar-refractivity contribution in [3.63, 3.8) is 0 Å². The molecule has 0 radical (unpaired) electrons. The summed E-state index contributed by atoms with van der Waals surface area (Å²) in [4.78, 5) is 12.6. The maximum Gasteiger partial charge on any atom is 0.220 e. The lowest BCUT2D eigenvalue weighted by atomic mass is 9.99. The zero-order valence-electron chi connectivity index (χ0n) is 26.4. The lowest BCUT2D eigenvalue weighted by Gasteiger charge is -2.40. The van der Waals surface area contributed by atoms with E-state index in [9.17, 15) is 39.8 Å². The van der Waals surface area contributed by atoms with Crippen LogP contribution in [0.15, 0.2) is 48.5 Å². The van der Waals surface area contributed by atoms with E-state index in [2.05, 4.69) is 17.4 Å². The second-order valence-corrected chi connectivity index (χ2v) is 12.0. The number of hydrogen-bond donors (Lipinski definition) is 7. The third-order valence-corrected chi connectivity index (χ3v) is 8.13. The van der Waals surface area contributed by atoms with Crippen LogP contribution in [-0.4, -0.2) is 98.7 Å². The van der Waals surface area contributed by atoms with Crippen molar-refractivity contribution in [1.29, 1.82) is 0 Å². The zero-order chi connectivity index (χ0) is 33.5. The van der Waals surface area contributed by atoms with E-state index in [0.717, 1.165) is 51.4 Å². The summed E-state index contributed by atoms with van der Waals surface area (Å²) in [5, 5.41) is 62.3. The van der Waals surface area contributed by atoms with Gasteiger partial charge in [-0.2, -0.15) is 0 Å². The molecule has 1 amide bonds. The van der Waals surface area contributed by atoms with Crippen LogP contribution in [0.1, 0.15) is 70.3 Å². The molecule has 3 unspecified atom stereocenters. The largest absolute Gasteiger partial charge is 0.457 e. The number of aryl methyl sites for hydroxylation is 1. The SMILES string of the molecule is C[C@@H](O)[C@@H](O)[C@H](CO[C@H]1OC(CO)[C@H](O)C(O)C1O)NC(=O)CCCCCCCCCCc1ccc(Oc2ccc(F)cc2)cc1. The first-order valence-electron chi connectivity index (χ1n) is 16.2. The molecule has 1 heterocycles. The smallest absolute Gasteiger partial charge is 0.220 e. The van der Waals surface area contributed by atoms with E-state index in [1.165, 1.54) is 24.6 Å². The second kappa shape index (κ2) is 19.9. The van der Waals surface area contributed by atoms with Gasteiger partial charge in [0.05, 0.1) is 25.4 Å². The fourth-order valence-corrected chi connectivity index (χ4v) is 5.28. The van der Waals surface area contributed by atoms with Crippen molar-refractivity contribution in [3.05, 3.63) is 59.9 Å². The van der Waals surface area contributed by atoms with E-state index in [1.54, 1.807) is 12.1 Å². The summed E-state index contributed by atoms with van der Waals surface area (Å²) in [6, 6.07) is 12.9. The number of aliphatic hydroxyl groups excluding tert-OH is 6. The standard InChI is InChI=1S/C34H50FNO10/c1-22(38)30(40)27(21-44-34-33(43)32(42)31(41)28(20-37)46-34)36-29(39)11-9-7-5-3-2-4-6-8-10-23-12-16-25(17-13-23)45-26-18-14-24(35)15-19-26/h12-19,22,27-28,30-34,37-38,40-43H,2-11,20-21H2,1H3,(H,36,39)/t22-,27+,28?,30-,31+,32?,33?,34+/m1/s1. The van der Waals surface area contributed by atoms with Gasteiger partial charge in [-0.1, -0.05) is 50.7 Å². The van der Waals surface area contributed by atoms with Crippen molar-refractivity contribution in [3.8, 4) is 11.5 Å². The summed E-state index contributed by atoms with van der Waals surface area (Å²) in [6.07, 6.45) is -0.561. The summed E-state index contributed by atoms with van der Waals surface area (Å²) in [6.45, 7) is 0.399. The Labute approximate surface area is 269 Å². The van der Waals surface area contributed by atoms with Crippen LogP contribution in [0.25, 0.3) is 0 Å². The monoisotopic (exact) mass is 651 g/mol. The molecule has 3 rings (SSSR count). The Morgan fingerprint density at radius 3 is 2.00 bits per heavy atom. The van der Waals surface area contributed by atoms with E-state index in [-0.39, 0.29) is 24.8 Å².